The third-order valence-electron chi connectivity index (χ3n) is 3.69. The summed E-state index contributed by atoms with van der Waals surface area (Å²) in [4.78, 5) is 23.9. The maximum Gasteiger partial charge on any atom is 0.336 e. The number of aromatic carboxylic acids is 1. The molecule has 1 N–H and O–H groups in total. The first-order valence-corrected chi connectivity index (χ1v) is 7.09. The van der Waals surface area contributed by atoms with Crippen LogP contribution in [0.3, 0.4) is 0 Å². The van der Waals surface area contributed by atoms with Gasteiger partial charge in [-0.1, -0.05) is 18.2 Å². The lowest BCUT2D eigenvalue weighted by molar-refractivity contribution is 0.0698. The number of benzene rings is 2. The lowest BCUT2D eigenvalue weighted by Crippen LogP contribution is -2.03. The van der Waals surface area contributed by atoms with Crippen LogP contribution >= 0.6 is 0 Å². The number of ketones is 1. The number of carbonyl (C=O) groups excluding carboxylic acids is 1. The van der Waals surface area contributed by atoms with Gasteiger partial charge < -0.3 is 9.52 Å². The second-order valence-corrected chi connectivity index (χ2v) is 5.18. The van der Waals surface area contributed by atoms with E-state index in [1.54, 1.807) is 30.3 Å². The van der Waals surface area contributed by atoms with Gasteiger partial charge in [0.15, 0.2) is 5.78 Å². The first-order valence-electron chi connectivity index (χ1n) is 7.09. The number of rotatable bonds is 4. The highest BCUT2D eigenvalue weighted by atomic mass is 16.4. The predicted octanol–water partition coefficient (Wildman–Crippen LogP) is 4.34. The van der Waals surface area contributed by atoms with Crippen molar-refractivity contribution >= 4 is 28.6 Å². The van der Waals surface area contributed by atoms with Gasteiger partial charge in [0.25, 0.3) is 0 Å². The summed E-state index contributed by atoms with van der Waals surface area (Å²) in [6.45, 7) is 1.84. The summed E-state index contributed by atoms with van der Waals surface area (Å²) >= 11 is 0. The number of allylic oxidation sites excluding steroid dienone is 1. The van der Waals surface area contributed by atoms with E-state index in [2.05, 4.69) is 0 Å². The number of fused-ring (bicyclic) bond motifs is 1. The quantitative estimate of drug-likeness (QED) is 0.575. The molecule has 0 spiro atoms. The Morgan fingerprint density at radius 2 is 1.83 bits per heavy atom. The number of carboxylic acids is 1. The van der Waals surface area contributed by atoms with Gasteiger partial charge in [0.1, 0.15) is 5.76 Å². The molecule has 4 nitrogen and oxygen atoms in total. The molecule has 0 aliphatic rings. The fourth-order valence-corrected chi connectivity index (χ4v) is 2.62. The summed E-state index contributed by atoms with van der Waals surface area (Å²) in [5, 5.41) is 10.6. The standard InChI is InChI=1S/C19H14O4/c1-12-4-2-6-15-14(8-9-16(18(12)15)19(21)22)17(20)10-7-13-5-3-11-23-13/h2-11H,1H3,(H,21,22)/b10-7+. The normalized spacial score (nSPS) is 11.2. The van der Waals surface area contributed by atoms with Gasteiger partial charge in [0.2, 0.25) is 0 Å². The molecule has 0 aliphatic heterocycles. The van der Waals surface area contributed by atoms with Crippen LogP contribution in [0.5, 0.6) is 0 Å². The SMILES string of the molecule is Cc1cccc2c(C(=O)/C=C/c3ccco3)ccc(C(=O)O)c12. The van der Waals surface area contributed by atoms with Crippen LogP contribution in [-0.4, -0.2) is 16.9 Å². The van der Waals surface area contributed by atoms with E-state index in [4.69, 9.17) is 4.42 Å². The molecule has 0 radical (unpaired) electrons. The Labute approximate surface area is 132 Å². The molecule has 0 aliphatic carbocycles. The van der Waals surface area contributed by atoms with Crippen molar-refractivity contribution in [3.8, 4) is 0 Å². The van der Waals surface area contributed by atoms with Crippen LogP contribution in [0, 0.1) is 6.92 Å². The average Bonchev–Trinajstić information content (AvgIpc) is 3.05. The van der Waals surface area contributed by atoms with Gasteiger partial charge in [-0.2, -0.15) is 0 Å². The van der Waals surface area contributed by atoms with Crippen LogP contribution in [0.25, 0.3) is 16.8 Å². The smallest absolute Gasteiger partial charge is 0.336 e. The molecule has 1 heterocycles. The van der Waals surface area contributed by atoms with Crippen LogP contribution in [-0.2, 0) is 0 Å². The Bertz CT molecular complexity index is 918. The second-order valence-electron chi connectivity index (χ2n) is 5.18. The highest BCUT2D eigenvalue weighted by Crippen LogP contribution is 2.27. The van der Waals surface area contributed by atoms with E-state index in [1.165, 1.54) is 18.4 Å². The van der Waals surface area contributed by atoms with Crippen molar-refractivity contribution in [3.63, 3.8) is 0 Å². The summed E-state index contributed by atoms with van der Waals surface area (Å²) in [5.74, 6) is -0.621. The molecule has 23 heavy (non-hydrogen) atoms. The minimum Gasteiger partial charge on any atom is -0.478 e. The van der Waals surface area contributed by atoms with Gasteiger partial charge >= 0.3 is 5.97 Å². The van der Waals surface area contributed by atoms with E-state index in [-0.39, 0.29) is 11.3 Å². The Balaban J connectivity index is 2.12. The zero-order valence-electron chi connectivity index (χ0n) is 12.4. The molecule has 2 aromatic carbocycles. The van der Waals surface area contributed by atoms with Crippen molar-refractivity contribution < 1.29 is 19.1 Å². The monoisotopic (exact) mass is 306 g/mol. The highest BCUT2D eigenvalue weighted by molar-refractivity contribution is 6.18. The van der Waals surface area contributed by atoms with Crippen molar-refractivity contribution in [2.45, 2.75) is 6.92 Å². The van der Waals surface area contributed by atoms with E-state index in [1.807, 2.05) is 19.1 Å². The van der Waals surface area contributed by atoms with Gasteiger partial charge in [-0.25, -0.2) is 4.79 Å². The third kappa shape index (κ3) is 2.79. The molecule has 0 amide bonds. The van der Waals surface area contributed by atoms with E-state index < -0.39 is 5.97 Å². The molecule has 0 atom stereocenters. The molecular formula is C19H14O4. The molecule has 0 unspecified atom stereocenters. The summed E-state index contributed by atoms with van der Waals surface area (Å²) in [5.41, 5.74) is 1.49. The van der Waals surface area contributed by atoms with Crippen LogP contribution in [0.2, 0.25) is 0 Å². The number of hydrogen-bond donors (Lipinski definition) is 1. The molecule has 0 fully saturated rings. The van der Waals surface area contributed by atoms with Crippen molar-refractivity contribution in [2.24, 2.45) is 0 Å². The second kappa shape index (κ2) is 5.93. The van der Waals surface area contributed by atoms with Crippen molar-refractivity contribution in [2.75, 3.05) is 0 Å². The Morgan fingerprint density at radius 1 is 1.04 bits per heavy atom. The molecule has 0 saturated heterocycles. The van der Waals surface area contributed by atoms with Crippen LogP contribution in [0.15, 0.2) is 59.2 Å². The molecule has 3 rings (SSSR count). The fourth-order valence-electron chi connectivity index (χ4n) is 2.62. The molecule has 114 valence electrons. The first kappa shape index (κ1) is 14.8. The molecule has 0 bridgehead atoms. The number of furan rings is 1. The van der Waals surface area contributed by atoms with Crippen LogP contribution < -0.4 is 0 Å². The van der Waals surface area contributed by atoms with Crippen LogP contribution in [0.4, 0.5) is 0 Å². The Kier molecular flexibility index (Phi) is 3.81. The molecular weight excluding hydrogens is 292 g/mol. The van der Waals surface area contributed by atoms with Crippen LogP contribution in [0.1, 0.15) is 32.0 Å². The number of carbonyl (C=O) groups is 2. The first-order chi connectivity index (χ1) is 11.1. The maximum absolute atomic E-state index is 12.5. The number of hydrogen-bond acceptors (Lipinski definition) is 3. The molecule has 0 saturated carbocycles. The van der Waals surface area contributed by atoms with E-state index >= 15 is 0 Å². The summed E-state index contributed by atoms with van der Waals surface area (Å²) < 4.78 is 5.16. The Morgan fingerprint density at radius 3 is 2.52 bits per heavy atom. The van der Waals surface area contributed by atoms with Crippen molar-refractivity contribution in [1.82, 2.24) is 0 Å². The van der Waals surface area contributed by atoms with Gasteiger partial charge in [-0.05, 0) is 59.7 Å². The Hall–Kier alpha value is -3.14. The van der Waals surface area contributed by atoms with E-state index in [0.29, 0.717) is 22.1 Å². The zero-order valence-corrected chi connectivity index (χ0v) is 12.4. The average molecular weight is 306 g/mol. The maximum atomic E-state index is 12.5. The minimum absolute atomic E-state index is 0.199. The zero-order chi connectivity index (χ0) is 16.4. The lowest BCUT2D eigenvalue weighted by atomic mass is 9.94. The van der Waals surface area contributed by atoms with E-state index in [9.17, 15) is 14.7 Å². The van der Waals surface area contributed by atoms with Gasteiger partial charge in [-0.15, -0.1) is 0 Å². The topological polar surface area (TPSA) is 67.5 Å². The molecule has 3 aromatic rings. The summed E-state index contributed by atoms with van der Waals surface area (Å²) in [7, 11) is 0. The van der Waals surface area contributed by atoms with Crippen molar-refractivity contribution in [1.29, 1.82) is 0 Å². The van der Waals surface area contributed by atoms with E-state index in [0.717, 1.165) is 5.56 Å². The summed E-state index contributed by atoms with van der Waals surface area (Å²) in [6.07, 6.45) is 4.55. The third-order valence-corrected chi connectivity index (χ3v) is 3.69. The predicted molar refractivity (Wildman–Crippen MR) is 87.7 cm³/mol. The molecule has 1 aromatic heterocycles. The lowest BCUT2D eigenvalue weighted by Gasteiger charge is -2.09. The van der Waals surface area contributed by atoms with Gasteiger partial charge in [-0.3, -0.25) is 4.79 Å². The van der Waals surface area contributed by atoms with Crippen molar-refractivity contribution in [3.05, 3.63) is 77.3 Å². The fraction of sp³-hybridized carbons (Fsp3) is 0.0526. The number of aryl methyl sites for hydroxylation is 1. The minimum atomic E-state index is -1.01. The van der Waals surface area contributed by atoms with Gasteiger partial charge in [0.05, 0.1) is 11.8 Å². The largest absolute Gasteiger partial charge is 0.478 e. The molecule has 4 heteroatoms. The number of carboxylic acid groups (broad SMARTS) is 1. The van der Waals surface area contributed by atoms with Gasteiger partial charge in [0, 0.05) is 5.56 Å². The summed E-state index contributed by atoms with van der Waals surface area (Å²) in [6, 6.07) is 11.9. The highest BCUT2D eigenvalue weighted by Gasteiger charge is 2.15.